The minimum atomic E-state index is -0.274. The number of rotatable bonds is 5. The summed E-state index contributed by atoms with van der Waals surface area (Å²) in [5.74, 6) is 0.271. The fourth-order valence-electron chi connectivity index (χ4n) is 2.39. The van der Waals surface area contributed by atoms with Crippen molar-refractivity contribution in [3.8, 4) is 0 Å². The highest BCUT2D eigenvalue weighted by molar-refractivity contribution is 5.90. The van der Waals surface area contributed by atoms with Crippen molar-refractivity contribution in [1.82, 2.24) is 0 Å². The second-order valence-corrected chi connectivity index (χ2v) is 5.95. The lowest BCUT2D eigenvalue weighted by molar-refractivity contribution is 0.0526. The first kappa shape index (κ1) is 17.0. The van der Waals surface area contributed by atoms with E-state index in [-0.39, 0.29) is 5.97 Å². The van der Waals surface area contributed by atoms with Crippen molar-refractivity contribution >= 4 is 17.6 Å². The van der Waals surface area contributed by atoms with E-state index in [0.717, 1.165) is 5.56 Å². The number of hydrogen-bond donors (Lipinski definition) is 0. The van der Waals surface area contributed by atoms with Crippen LogP contribution >= 0.6 is 0 Å². The van der Waals surface area contributed by atoms with Gasteiger partial charge in [-0.3, -0.25) is 0 Å². The fraction of sp³-hybridized carbons (Fsp3) is 0.286. The van der Waals surface area contributed by atoms with E-state index in [1.165, 1.54) is 16.7 Å². The van der Waals surface area contributed by atoms with Crippen LogP contribution in [0.1, 0.15) is 60.7 Å². The lowest BCUT2D eigenvalue weighted by atomic mass is 9.98. The van der Waals surface area contributed by atoms with Crippen LogP contribution in [0.5, 0.6) is 0 Å². The molecule has 120 valence electrons. The molecule has 0 saturated heterocycles. The second-order valence-electron chi connectivity index (χ2n) is 5.95. The number of benzene rings is 2. The fourth-order valence-corrected chi connectivity index (χ4v) is 2.39. The normalized spacial score (nSPS) is 11.6. The van der Waals surface area contributed by atoms with Gasteiger partial charge in [0.15, 0.2) is 0 Å². The Morgan fingerprint density at radius 3 is 2.09 bits per heavy atom. The van der Waals surface area contributed by atoms with Gasteiger partial charge in [-0.1, -0.05) is 56.3 Å². The number of hydrogen-bond acceptors (Lipinski definition) is 2. The summed E-state index contributed by atoms with van der Waals surface area (Å²) in [6.07, 6.45) is 2.12. The highest BCUT2D eigenvalue weighted by Gasteiger charge is 2.05. The SMILES string of the molecule is CCOC(=O)c1ccc(/C=C(\C)c2ccc(C(C)C)cc2)cc1. The lowest BCUT2D eigenvalue weighted by Crippen LogP contribution is -2.03. The monoisotopic (exact) mass is 308 g/mol. The molecular weight excluding hydrogens is 284 g/mol. The molecule has 2 heteroatoms. The molecule has 0 amide bonds. The van der Waals surface area contributed by atoms with Crippen LogP contribution in [0.25, 0.3) is 11.6 Å². The topological polar surface area (TPSA) is 26.3 Å². The molecule has 0 saturated carbocycles. The zero-order chi connectivity index (χ0) is 16.8. The first-order valence-corrected chi connectivity index (χ1v) is 8.07. The summed E-state index contributed by atoms with van der Waals surface area (Å²) in [5, 5.41) is 0. The molecule has 0 aliphatic rings. The summed E-state index contributed by atoms with van der Waals surface area (Å²) in [7, 11) is 0. The summed E-state index contributed by atoms with van der Waals surface area (Å²) in [5.41, 5.74) is 5.42. The number of allylic oxidation sites excluding steroid dienone is 1. The quantitative estimate of drug-likeness (QED) is 0.535. The highest BCUT2D eigenvalue weighted by Crippen LogP contribution is 2.21. The summed E-state index contributed by atoms with van der Waals surface area (Å²) in [4.78, 5) is 11.6. The number of esters is 1. The van der Waals surface area contributed by atoms with Crippen LogP contribution in [-0.2, 0) is 4.74 Å². The van der Waals surface area contributed by atoms with Gasteiger partial charge in [-0.25, -0.2) is 4.79 Å². The van der Waals surface area contributed by atoms with Gasteiger partial charge >= 0.3 is 5.97 Å². The van der Waals surface area contributed by atoms with Crippen molar-refractivity contribution < 1.29 is 9.53 Å². The number of carbonyl (C=O) groups is 1. The molecule has 2 aromatic rings. The third-order valence-electron chi connectivity index (χ3n) is 3.84. The van der Waals surface area contributed by atoms with Crippen molar-refractivity contribution in [2.45, 2.75) is 33.6 Å². The molecule has 2 nitrogen and oxygen atoms in total. The van der Waals surface area contributed by atoms with Crippen molar-refractivity contribution in [3.05, 3.63) is 70.8 Å². The molecule has 0 aromatic heterocycles. The van der Waals surface area contributed by atoms with Gasteiger partial charge < -0.3 is 4.74 Å². The molecule has 0 radical (unpaired) electrons. The Morgan fingerprint density at radius 1 is 1.00 bits per heavy atom. The van der Waals surface area contributed by atoms with Crippen LogP contribution in [0.4, 0.5) is 0 Å². The smallest absolute Gasteiger partial charge is 0.338 e. The first-order valence-electron chi connectivity index (χ1n) is 8.07. The molecule has 0 aliphatic carbocycles. The number of ether oxygens (including phenoxy) is 1. The van der Waals surface area contributed by atoms with Crippen molar-refractivity contribution in [2.24, 2.45) is 0 Å². The van der Waals surface area contributed by atoms with Crippen molar-refractivity contribution in [1.29, 1.82) is 0 Å². The molecule has 2 aromatic carbocycles. The van der Waals surface area contributed by atoms with E-state index in [1.54, 1.807) is 12.1 Å². The van der Waals surface area contributed by atoms with Gasteiger partial charge in [0.1, 0.15) is 0 Å². The van der Waals surface area contributed by atoms with E-state index in [2.05, 4.69) is 51.1 Å². The van der Waals surface area contributed by atoms with Crippen LogP contribution in [0.2, 0.25) is 0 Å². The van der Waals surface area contributed by atoms with Crippen LogP contribution in [0.15, 0.2) is 48.5 Å². The average Bonchev–Trinajstić information content (AvgIpc) is 2.55. The Morgan fingerprint density at radius 2 is 1.57 bits per heavy atom. The van der Waals surface area contributed by atoms with E-state index in [9.17, 15) is 4.79 Å². The Kier molecular flexibility index (Phi) is 5.75. The van der Waals surface area contributed by atoms with Gasteiger partial charge in [0, 0.05) is 0 Å². The minimum Gasteiger partial charge on any atom is -0.462 e. The van der Waals surface area contributed by atoms with Gasteiger partial charge in [0.25, 0.3) is 0 Å². The zero-order valence-corrected chi connectivity index (χ0v) is 14.3. The van der Waals surface area contributed by atoms with Crippen molar-refractivity contribution in [3.63, 3.8) is 0 Å². The molecule has 0 fully saturated rings. The Bertz CT molecular complexity index is 677. The second kappa shape index (κ2) is 7.77. The maximum atomic E-state index is 11.6. The van der Waals surface area contributed by atoms with E-state index >= 15 is 0 Å². The summed E-state index contributed by atoms with van der Waals surface area (Å²) in [6.45, 7) is 8.70. The van der Waals surface area contributed by atoms with E-state index in [1.807, 2.05) is 19.1 Å². The van der Waals surface area contributed by atoms with E-state index < -0.39 is 0 Å². The first-order chi connectivity index (χ1) is 11.0. The molecule has 0 heterocycles. The number of carbonyl (C=O) groups excluding carboxylic acids is 1. The molecule has 0 aliphatic heterocycles. The zero-order valence-electron chi connectivity index (χ0n) is 14.3. The van der Waals surface area contributed by atoms with Gasteiger partial charge in [-0.15, -0.1) is 0 Å². The Labute approximate surface area is 138 Å². The third kappa shape index (κ3) is 4.56. The molecule has 0 atom stereocenters. The maximum Gasteiger partial charge on any atom is 0.338 e. The highest BCUT2D eigenvalue weighted by atomic mass is 16.5. The van der Waals surface area contributed by atoms with Gasteiger partial charge in [-0.05, 0) is 54.2 Å². The lowest BCUT2D eigenvalue weighted by Gasteiger charge is -2.07. The van der Waals surface area contributed by atoms with Crippen LogP contribution in [0.3, 0.4) is 0 Å². The van der Waals surface area contributed by atoms with Gasteiger partial charge in [0.2, 0.25) is 0 Å². The molecule has 0 bridgehead atoms. The standard InChI is InChI=1S/C21H24O2/c1-5-23-21(22)20-8-6-17(7-9-20)14-16(4)19-12-10-18(11-13-19)15(2)3/h6-15H,5H2,1-4H3/b16-14+. The van der Waals surface area contributed by atoms with Crippen LogP contribution in [-0.4, -0.2) is 12.6 Å². The largest absolute Gasteiger partial charge is 0.462 e. The maximum absolute atomic E-state index is 11.6. The molecule has 2 rings (SSSR count). The minimum absolute atomic E-state index is 0.274. The van der Waals surface area contributed by atoms with Crippen LogP contribution in [0, 0.1) is 0 Å². The molecule has 0 spiro atoms. The summed E-state index contributed by atoms with van der Waals surface area (Å²) in [6, 6.07) is 16.2. The van der Waals surface area contributed by atoms with Gasteiger partial charge in [0.05, 0.1) is 12.2 Å². The molecule has 0 N–H and O–H groups in total. The van der Waals surface area contributed by atoms with Crippen LogP contribution < -0.4 is 0 Å². The molecule has 23 heavy (non-hydrogen) atoms. The van der Waals surface area contributed by atoms with Gasteiger partial charge in [-0.2, -0.15) is 0 Å². The molecule has 0 unspecified atom stereocenters. The third-order valence-corrected chi connectivity index (χ3v) is 3.84. The average molecular weight is 308 g/mol. The predicted molar refractivity (Wildman–Crippen MR) is 96.5 cm³/mol. The summed E-state index contributed by atoms with van der Waals surface area (Å²) < 4.78 is 4.99. The van der Waals surface area contributed by atoms with E-state index in [4.69, 9.17) is 4.74 Å². The predicted octanol–water partition coefficient (Wildman–Crippen LogP) is 5.55. The van der Waals surface area contributed by atoms with Crippen molar-refractivity contribution in [2.75, 3.05) is 6.61 Å². The Balaban J connectivity index is 2.15. The summed E-state index contributed by atoms with van der Waals surface area (Å²) >= 11 is 0. The molecular formula is C21H24O2. The van der Waals surface area contributed by atoms with E-state index in [0.29, 0.717) is 18.1 Å². The Hall–Kier alpha value is -2.35.